The van der Waals surface area contributed by atoms with Crippen molar-refractivity contribution >= 4 is 12.1 Å². The van der Waals surface area contributed by atoms with Crippen LogP contribution in [-0.2, 0) is 0 Å². The molecule has 0 aromatic heterocycles. The van der Waals surface area contributed by atoms with Crippen LogP contribution < -0.4 is 4.72 Å². The first-order valence-electron chi connectivity index (χ1n) is 3.24. The summed E-state index contributed by atoms with van der Waals surface area (Å²) in [5.41, 5.74) is 0.711. The molecule has 0 bridgehead atoms. The Hall–Kier alpha value is -1.43. The number of nitro groups is 1. The van der Waals surface area contributed by atoms with Crippen LogP contribution in [0.1, 0.15) is 0 Å². The van der Waals surface area contributed by atoms with Gasteiger partial charge >= 0.3 is 0 Å². The largest absolute Gasteiger partial charge is 0.316 e. The first-order valence-corrected chi connectivity index (χ1v) is 4.01. The van der Waals surface area contributed by atoms with Crippen molar-refractivity contribution < 1.29 is 4.92 Å². The summed E-state index contributed by atoms with van der Waals surface area (Å²) >= 11 is 1.31. The van der Waals surface area contributed by atoms with E-state index in [1.54, 1.807) is 22.8 Å². The summed E-state index contributed by atoms with van der Waals surface area (Å²) in [5, 5.41) is 10.5. The zero-order valence-electron chi connectivity index (χ0n) is 5.93. The molecule has 0 aromatic rings. The molecule has 0 spiro atoms. The van der Waals surface area contributed by atoms with Crippen molar-refractivity contribution in [2.45, 2.75) is 0 Å². The fourth-order valence-electron chi connectivity index (χ4n) is 1.00. The molecule has 0 amide bonds. The number of allylic oxidation sites excluding steroid dienone is 2. The molecule has 0 saturated carbocycles. The van der Waals surface area contributed by atoms with Crippen molar-refractivity contribution in [2.75, 3.05) is 0 Å². The van der Waals surface area contributed by atoms with E-state index in [0.717, 1.165) is 0 Å². The van der Waals surface area contributed by atoms with Gasteiger partial charge in [-0.2, -0.15) is 0 Å². The van der Waals surface area contributed by atoms with Gasteiger partial charge in [0, 0.05) is 18.5 Å². The quantitative estimate of drug-likeness (QED) is 0.373. The van der Waals surface area contributed by atoms with Gasteiger partial charge in [0.1, 0.15) is 5.70 Å². The fourth-order valence-corrected chi connectivity index (χ4v) is 1.66. The maximum atomic E-state index is 10.5. The first-order chi connectivity index (χ1) is 5.79. The van der Waals surface area contributed by atoms with Crippen LogP contribution in [0, 0.1) is 10.1 Å². The molecular formula is C6H5N3O2S. The molecule has 0 unspecified atom stereocenters. The van der Waals surface area contributed by atoms with Crippen molar-refractivity contribution in [3.05, 3.63) is 46.1 Å². The van der Waals surface area contributed by atoms with E-state index in [0.29, 0.717) is 5.70 Å². The number of hydrogen-bond donors (Lipinski definition) is 1. The lowest BCUT2D eigenvalue weighted by Crippen LogP contribution is -2.13. The van der Waals surface area contributed by atoms with Gasteiger partial charge in [-0.3, -0.25) is 14.4 Å². The zero-order chi connectivity index (χ0) is 8.55. The summed E-state index contributed by atoms with van der Waals surface area (Å²) in [7, 11) is 0. The molecule has 0 saturated heterocycles. The average molecular weight is 183 g/mol. The van der Waals surface area contributed by atoms with Gasteiger partial charge in [-0.15, -0.1) is 0 Å². The molecule has 2 heterocycles. The molecule has 5 nitrogen and oxygen atoms in total. The van der Waals surface area contributed by atoms with Gasteiger partial charge in [0.05, 0.1) is 17.1 Å². The third-order valence-electron chi connectivity index (χ3n) is 1.52. The van der Waals surface area contributed by atoms with Crippen LogP contribution in [-0.4, -0.2) is 9.23 Å². The highest BCUT2D eigenvalue weighted by Gasteiger charge is 2.27. The van der Waals surface area contributed by atoms with Gasteiger partial charge in [0.15, 0.2) is 0 Å². The Morgan fingerprint density at radius 2 is 2.50 bits per heavy atom. The van der Waals surface area contributed by atoms with E-state index in [9.17, 15) is 10.1 Å². The van der Waals surface area contributed by atoms with Gasteiger partial charge in [-0.05, 0) is 6.08 Å². The van der Waals surface area contributed by atoms with E-state index < -0.39 is 4.92 Å². The zero-order valence-corrected chi connectivity index (χ0v) is 6.75. The normalized spacial score (nSPS) is 19.5. The number of rotatable bonds is 1. The minimum atomic E-state index is -0.393. The van der Waals surface area contributed by atoms with Gasteiger partial charge in [-0.1, -0.05) is 0 Å². The maximum Gasteiger partial charge on any atom is 0.295 e. The summed E-state index contributed by atoms with van der Waals surface area (Å²) in [6.07, 6.45) is 6.51. The van der Waals surface area contributed by atoms with Gasteiger partial charge < -0.3 is 4.72 Å². The molecule has 2 rings (SSSR count). The number of hydrogen-bond acceptors (Lipinski definition) is 5. The van der Waals surface area contributed by atoms with Crippen LogP contribution in [0.15, 0.2) is 35.9 Å². The third kappa shape index (κ3) is 0.964. The molecule has 0 fully saturated rings. The lowest BCUT2D eigenvalue weighted by molar-refractivity contribution is -0.422. The van der Waals surface area contributed by atoms with Crippen molar-refractivity contribution in [1.29, 1.82) is 0 Å². The van der Waals surface area contributed by atoms with Crippen LogP contribution in [0.4, 0.5) is 0 Å². The van der Waals surface area contributed by atoms with E-state index in [-0.39, 0.29) is 5.70 Å². The molecule has 0 aromatic carbocycles. The SMILES string of the molecule is O=[N+]([O-])C1=CC=CN2SNC=C12. The van der Waals surface area contributed by atoms with Crippen LogP contribution in [0.3, 0.4) is 0 Å². The average Bonchev–Trinajstić information content (AvgIpc) is 2.49. The molecule has 12 heavy (non-hydrogen) atoms. The Balaban J connectivity index is 2.38. The monoisotopic (exact) mass is 183 g/mol. The summed E-state index contributed by atoms with van der Waals surface area (Å²) in [4.78, 5) is 10.1. The number of nitrogens with one attached hydrogen (secondary N) is 1. The second kappa shape index (κ2) is 2.56. The van der Waals surface area contributed by atoms with E-state index in [1.807, 2.05) is 0 Å². The van der Waals surface area contributed by atoms with Gasteiger partial charge in [0.2, 0.25) is 0 Å². The van der Waals surface area contributed by atoms with Gasteiger partial charge in [-0.25, -0.2) is 0 Å². The van der Waals surface area contributed by atoms with Crippen LogP contribution in [0.5, 0.6) is 0 Å². The molecule has 1 N–H and O–H groups in total. The molecule has 6 heteroatoms. The third-order valence-corrected chi connectivity index (χ3v) is 2.26. The molecule has 0 aliphatic carbocycles. The minimum Gasteiger partial charge on any atom is -0.316 e. The van der Waals surface area contributed by atoms with Crippen LogP contribution in [0.25, 0.3) is 0 Å². The fraction of sp³-hybridized carbons (Fsp3) is 0. The van der Waals surface area contributed by atoms with E-state index in [1.165, 1.54) is 18.2 Å². The molecule has 62 valence electrons. The lowest BCUT2D eigenvalue weighted by atomic mass is 10.2. The predicted molar refractivity (Wildman–Crippen MR) is 44.9 cm³/mol. The second-order valence-electron chi connectivity index (χ2n) is 2.22. The highest BCUT2D eigenvalue weighted by Crippen LogP contribution is 2.29. The van der Waals surface area contributed by atoms with E-state index >= 15 is 0 Å². The standard InChI is InChI=1S/C6H5N3O2S/c10-9(11)5-2-1-3-8-6(5)4-7-12-8/h1-4,7H. The Morgan fingerprint density at radius 3 is 3.25 bits per heavy atom. The summed E-state index contributed by atoms with van der Waals surface area (Å²) in [5.74, 6) is 0. The Kier molecular flexibility index (Phi) is 1.54. The number of nitrogens with zero attached hydrogens (tertiary/aromatic N) is 2. The molecule has 0 atom stereocenters. The second-order valence-corrected chi connectivity index (χ2v) is 3.03. The van der Waals surface area contributed by atoms with Crippen molar-refractivity contribution in [3.63, 3.8) is 0 Å². The summed E-state index contributed by atoms with van der Waals surface area (Å²) in [6, 6.07) is 0. The van der Waals surface area contributed by atoms with Crippen LogP contribution in [0.2, 0.25) is 0 Å². The maximum absolute atomic E-state index is 10.5. The highest BCUT2D eigenvalue weighted by atomic mass is 32.2. The summed E-state index contributed by atoms with van der Waals surface area (Å²) < 4.78 is 4.54. The molecule has 2 aliphatic heterocycles. The van der Waals surface area contributed by atoms with Crippen molar-refractivity contribution in [2.24, 2.45) is 0 Å². The van der Waals surface area contributed by atoms with Crippen molar-refractivity contribution in [3.8, 4) is 0 Å². The van der Waals surface area contributed by atoms with Crippen molar-refractivity contribution in [1.82, 2.24) is 9.03 Å². The van der Waals surface area contributed by atoms with Gasteiger partial charge in [0.25, 0.3) is 5.70 Å². The lowest BCUT2D eigenvalue weighted by Gasteiger charge is -2.14. The van der Waals surface area contributed by atoms with E-state index in [2.05, 4.69) is 4.72 Å². The molecule has 0 radical (unpaired) electrons. The Labute approximate surface area is 72.8 Å². The predicted octanol–water partition coefficient (Wildman–Crippen LogP) is 0.984. The molecule has 2 aliphatic rings. The highest BCUT2D eigenvalue weighted by molar-refractivity contribution is 7.95. The minimum absolute atomic E-state index is 0.120. The summed E-state index contributed by atoms with van der Waals surface area (Å²) in [6.45, 7) is 0. The molecular weight excluding hydrogens is 178 g/mol. The Morgan fingerprint density at radius 1 is 1.67 bits per heavy atom. The smallest absolute Gasteiger partial charge is 0.295 e. The van der Waals surface area contributed by atoms with Crippen LogP contribution >= 0.6 is 12.1 Å². The topological polar surface area (TPSA) is 58.4 Å². The first kappa shape index (κ1) is 7.23. The Bertz CT molecular complexity index is 321. The van der Waals surface area contributed by atoms with E-state index in [4.69, 9.17) is 0 Å². The number of fused-ring (bicyclic) bond motifs is 1.